The van der Waals surface area contributed by atoms with Crippen molar-refractivity contribution in [3.8, 4) is 0 Å². The number of rotatable bonds is 6. The second kappa shape index (κ2) is 8.08. The zero-order valence-corrected chi connectivity index (χ0v) is 14.4. The topological polar surface area (TPSA) is 111 Å². The Morgan fingerprint density at radius 2 is 2.24 bits per heavy atom. The standard InChI is InChI=1S/C15H18N6O3S/c1-21-15(18-19-20-21)25-8-7-16-14(23)13-12(17-11(22)9-24-13)10-5-3-2-4-6-10/h2-6,12-13H,7-9H2,1H3,(H,16,23)(H,17,22)/t12-,13+/m1/s1. The van der Waals surface area contributed by atoms with Crippen molar-refractivity contribution in [2.75, 3.05) is 18.9 Å². The molecule has 1 aromatic heterocycles. The van der Waals surface area contributed by atoms with E-state index in [-0.39, 0.29) is 18.4 Å². The van der Waals surface area contributed by atoms with Gasteiger partial charge in [-0.2, -0.15) is 0 Å². The van der Waals surface area contributed by atoms with Gasteiger partial charge in [0, 0.05) is 19.3 Å². The molecule has 2 atom stereocenters. The molecule has 2 aromatic rings. The monoisotopic (exact) mass is 362 g/mol. The number of thioether (sulfide) groups is 1. The molecule has 0 aliphatic carbocycles. The van der Waals surface area contributed by atoms with Crippen molar-refractivity contribution < 1.29 is 14.3 Å². The lowest BCUT2D eigenvalue weighted by molar-refractivity contribution is -0.147. The minimum atomic E-state index is -0.762. The van der Waals surface area contributed by atoms with Crippen molar-refractivity contribution in [2.24, 2.45) is 7.05 Å². The van der Waals surface area contributed by atoms with Crippen LogP contribution in [0.3, 0.4) is 0 Å². The molecule has 3 rings (SSSR count). The number of hydrogen-bond donors (Lipinski definition) is 2. The molecule has 1 aromatic carbocycles. The maximum atomic E-state index is 12.5. The summed E-state index contributed by atoms with van der Waals surface area (Å²) in [6, 6.07) is 8.81. The number of amides is 2. The van der Waals surface area contributed by atoms with E-state index >= 15 is 0 Å². The average molecular weight is 362 g/mol. The first-order chi connectivity index (χ1) is 12.1. The van der Waals surface area contributed by atoms with Gasteiger partial charge in [-0.15, -0.1) is 5.10 Å². The summed E-state index contributed by atoms with van der Waals surface area (Å²) in [5.74, 6) is 0.128. The molecule has 1 aliphatic rings. The molecule has 0 radical (unpaired) electrons. The summed E-state index contributed by atoms with van der Waals surface area (Å²) in [4.78, 5) is 24.1. The van der Waals surface area contributed by atoms with Crippen LogP contribution < -0.4 is 10.6 Å². The van der Waals surface area contributed by atoms with E-state index < -0.39 is 12.1 Å². The van der Waals surface area contributed by atoms with Crippen LogP contribution in [0, 0.1) is 0 Å². The number of carbonyl (C=O) groups excluding carboxylic acids is 2. The summed E-state index contributed by atoms with van der Waals surface area (Å²) in [6.45, 7) is 0.312. The predicted molar refractivity (Wildman–Crippen MR) is 89.6 cm³/mol. The number of nitrogens with zero attached hydrogens (tertiary/aromatic N) is 4. The predicted octanol–water partition coefficient (Wildman–Crippen LogP) is -0.325. The Labute approximate surface area is 148 Å². The molecule has 0 spiro atoms. The van der Waals surface area contributed by atoms with Crippen molar-refractivity contribution in [1.82, 2.24) is 30.8 Å². The zero-order chi connectivity index (χ0) is 17.6. The summed E-state index contributed by atoms with van der Waals surface area (Å²) in [5.41, 5.74) is 0.829. The summed E-state index contributed by atoms with van der Waals surface area (Å²) < 4.78 is 7.04. The van der Waals surface area contributed by atoms with Gasteiger partial charge in [0.1, 0.15) is 6.61 Å². The highest BCUT2D eigenvalue weighted by Crippen LogP contribution is 2.22. The van der Waals surface area contributed by atoms with Gasteiger partial charge in [0.05, 0.1) is 6.04 Å². The van der Waals surface area contributed by atoms with Crippen LogP contribution in [0.15, 0.2) is 35.5 Å². The minimum absolute atomic E-state index is 0.124. The van der Waals surface area contributed by atoms with Crippen LogP contribution in [0.1, 0.15) is 11.6 Å². The third-order valence-electron chi connectivity index (χ3n) is 3.64. The van der Waals surface area contributed by atoms with E-state index in [1.54, 1.807) is 11.7 Å². The molecule has 25 heavy (non-hydrogen) atoms. The van der Waals surface area contributed by atoms with Gasteiger partial charge < -0.3 is 15.4 Å². The fraction of sp³-hybridized carbons (Fsp3) is 0.400. The molecule has 1 aliphatic heterocycles. The Bertz CT molecular complexity index is 738. The highest BCUT2D eigenvalue weighted by atomic mass is 32.2. The van der Waals surface area contributed by atoms with E-state index in [2.05, 4.69) is 26.2 Å². The first kappa shape index (κ1) is 17.4. The Hall–Kier alpha value is -2.46. The van der Waals surface area contributed by atoms with Crippen molar-refractivity contribution in [1.29, 1.82) is 0 Å². The molecular formula is C15H18N6O3S. The van der Waals surface area contributed by atoms with Gasteiger partial charge in [0.25, 0.3) is 5.91 Å². The summed E-state index contributed by atoms with van der Waals surface area (Å²) >= 11 is 1.44. The van der Waals surface area contributed by atoms with Crippen molar-refractivity contribution in [3.05, 3.63) is 35.9 Å². The van der Waals surface area contributed by atoms with E-state index in [0.717, 1.165) is 5.56 Å². The quantitative estimate of drug-likeness (QED) is 0.535. The van der Waals surface area contributed by atoms with Gasteiger partial charge in [-0.1, -0.05) is 42.1 Å². The molecule has 0 bridgehead atoms. The number of carbonyl (C=O) groups is 2. The van der Waals surface area contributed by atoms with Gasteiger partial charge in [-0.3, -0.25) is 9.59 Å². The van der Waals surface area contributed by atoms with Crippen LogP contribution in [0.25, 0.3) is 0 Å². The molecule has 132 valence electrons. The molecule has 1 saturated heterocycles. The number of aryl methyl sites for hydroxylation is 1. The van der Waals surface area contributed by atoms with Crippen LogP contribution in [-0.4, -0.2) is 57.0 Å². The lowest BCUT2D eigenvalue weighted by Gasteiger charge is -2.31. The van der Waals surface area contributed by atoms with Gasteiger partial charge in [-0.25, -0.2) is 4.68 Å². The van der Waals surface area contributed by atoms with Crippen LogP contribution in [0.5, 0.6) is 0 Å². The van der Waals surface area contributed by atoms with Crippen molar-refractivity contribution in [3.63, 3.8) is 0 Å². The second-order valence-corrected chi connectivity index (χ2v) is 6.47. The largest absolute Gasteiger partial charge is 0.356 e. The SMILES string of the molecule is Cn1nnnc1SCCNC(=O)[C@H]1OCC(=O)N[C@@H]1c1ccccc1. The van der Waals surface area contributed by atoms with Crippen molar-refractivity contribution >= 4 is 23.6 Å². The summed E-state index contributed by atoms with van der Waals surface area (Å²) in [6.07, 6.45) is -0.762. The number of hydrogen-bond acceptors (Lipinski definition) is 7. The smallest absolute Gasteiger partial charge is 0.251 e. The van der Waals surface area contributed by atoms with Crippen LogP contribution >= 0.6 is 11.8 Å². The molecule has 2 N–H and O–H groups in total. The van der Waals surface area contributed by atoms with Crippen molar-refractivity contribution in [2.45, 2.75) is 17.3 Å². The normalized spacial score (nSPS) is 20.1. The highest BCUT2D eigenvalue weighted by Gasteiger charge is 2.35. The van der Waals surface area contributed by atoms with Gasteiger partial charge >= 0.3 is 0 Å². The van der Waals surface area contributed by atoms with Crippen LogP contribution in [0.2, 0.25) is 0 Å². The maximum Gasteiger partial charge on any atom is 0.251 e. The third kappa shape index (κ3) is 4.34. The number of tetrazole rings is 1. The lowest BCUT2D eigenvalue weighted by Crippen LogP contribution is -2.52. The zero-order valence-electron chi connectivity index (χ0n) is 13.6. The number of ether oxygens (including phenoxy) is 1. The number of aromatic nitrogens is 4. The number of benzene rings is 1. The Morgan fingerprint density at radius 1 is 1.44 bits per heavy atom. The molecule has 2 heterocycles. The summed E-state index contributed by atoms with van der Waals surface area (Å²) in [5, 5.41) is 17.5. The molecule has 0 saturated carbocycles. The molecule has 9 nitrogen and oxygen atoms in total. The minimum Gasteiger partial charge on any atom is -0.356 e. The molecular weight excluding hydrogens is 344 g/mol. The first-order valence-electron chi connectivity index (χ1n) is 7.74. The van der Waals surface area contributed by atoms with Gasteiger partial charge in [0.2, 0.25) is 11.1 Å². The summed E-state index contributed by atoms with van der Waals surface area (Å²) in [7, 11) is 1.75. The van der Waals surface area contributed by atoms with Gasteiger partial charge in [-0.05, 0) is 16.0 Å². The molecule has 2 amide bonds. The van der Waals surface area contributed by atoms with E-state index in [0.29, 0.717) is 17.5 Å². The number of nitrogens with one attached hydrogen (secondary N) is 2. The fourth-order valence-electron chi connectivity index (χ4n) is 2.46. The maximum absolute atomic E-state index is 12.5. The second-order valence-electron chi connectivity index (χ2n) is 5.41. The number of morpholine rings is 1. The Morgan fingerprint density at radius 3 is 2.96 bits per heavy atom. The van der Waals surface area contributed by atoms with E-state index in [4.69, 9.17) is 4.74 Å². The van der Waals surface area contributed by atoms with E-state index in [1.165, 1.54) is 11.8 Å². The molecule has 0 unspecified atom stereocenters. The van der Waals surface area contributed by atoms with Crippen LogP contribution in [-0.2, 0) is 21.4 Å². The Kier molecular flexibility index (Phi) is 5.61. The third-order valence-corrected chi connectivity index (χ3v) is 4.66. The van der Waals surface area contributed by atoms with E-state index in [9.17, 15) is 9.59 Å². The fourth-order valence-corrected chi connectivity index (χ4v) is 3.16. The average Bonchev–Trinajstić information content (AvgIpc) is 3.04. The first-order valence-corrected chi connectivity index (χ1v) is 8.72. The van der Waals surface area contributed by atoms with E-state index in [1.807, 2.05) is 30.3 Å². The van der Waals surface area contributed by atoms with Crippen LogP contribution in [0.4, 0.5) is 0 Å². The van der Waals surface area contributed by atoms with Gasteiger partial charge in [0.15, 0.2) is 6.10 Å². The molecule has 1 fully saturated rings. The lowest BCUT2D eigenvalue weighted by atomic mass is 9.99. The highest BCUT2D eigenvalue weighted by molar-refractivity contribution is 7.99. The molecule has 10 heteroatoms. The Balaban J connectivity index is 1.55.